The molecule has 0 radical (unpaired) electrons. The van der Waals surface area contributed by atoms with Gasteiger partial charge in [0, 0.05) is 25.0 Å². The molecule has 1 aliphatic rings. The Labute approximate surface area is 160 Å². The highest BCUT2D eigenvalue weighted by atomic mass is 32.1. The van der Waals surface area contributed by atoms with E-state index in [4.69, 9.17) is 0 Å². The molecule has 1 N–H and O–H groups in total. The minimum absolute atomic E-state index is 0.0226. The van der Waals surface area contributed by atoms with Gasteiger partial charge < -0.3 is 10.2 Å². The van der Waals surface area contributed by atoms with Gasteiger partial charge in [-0.25, -0.2) is 4.79 Å². The van der Waals surface area contributed by atoms with Crippen LogP contribution >= 0.6 is 11.3 Å². The molecule has 0 aliphatic carbocycles. The summed E-state index contributed by atoms with van der Waals surface area (Å²) >= 11 is 1.70. The highest BCUT2D eigenvalue weighted by Gasteiger charge is 2.14. The molecule has 0 atom stereocenters. The molecule has 26 heavy (non-hydrogen) atoms. The summed E-state index contributed by atoms with van der Waals surface area (Å²) in [4.78, 5) is 18.0. The Bertz CT molecular complexity index is 722. The molecule has 0 saturated carbocycles. The summed E-state index contributed by atoms with van der Waals surface area (Å²) in [6.07, 6.45) is 3.95. The molecule has 4 nitrogen and oxygen atoms in total. The second-order valence-electron chi connectivity index (χ2n) is 7.15. The predicted octanol–water partition coefficient (Wildman–Crippen LogP) is 4.38. The van der Waals surface area contributed by atoms with Gasteiger partial charge in [0.25, 0.3) is 0 Å². The molecule has 3 rings (SSSR count). The van der Waals surface area contributed by atoms with E-state index in [0.717, 1.165) is 6.54 Å². The summed E-state index contributed by atoms with van der Waals surface area (Å²) in [6.45, 7) is 6.68. The van der Waals surface area contributed by atoms with E-state index >= 15 is 0 Å². The van der Waals surface area contributed by atoms with Crippen molar-refractivity contribution in [3.8, 4) is 0 Å². The van der Waals surface area contributed by atoms with Crippen LogP contribution in [0.5, 0.6) is 0 Å². The van der Waals surface area contributed by atoms with Gasteiger partial charge in [-0.2, -0.15) is 0 Å². The van der Waals surface area contributed by atoms with E-state index in [0.29, 0.717) is 13.1 Å². The number of amides is 2. The molecule has 2 amide bonds. The summed E-state index contributed by atoms with van der Waals surface area (Å²) in [6, 6.07) is 10.5. The van der Waals surface area contributed by atoms with Crippen LogP contribution < -0.4 is 5.32 Å². The van der Waals surface area contributed by atoms with Crippen molar-refractivity contribution in [2.24, 2.45) is 0 Å². The van der Waals surface area contributed by atoms with Gasteiger partial charge in [0.1, 0.15) is 0 Å². The Morgan fingerprint density at radius 2 is 1.88 bits per heavy atom. The molecule has 2 heterocycles. The number of hydrogen-bond acceptors (Lipinski definition) is 3. The van der Waals surface area contributed by atoms with Crippen LogP contribution in [0.2, 0.25) is 0 Å². The normalized spacial score (nSPS) is 15.0. The van der Waals surface area contributed by atoms with Crippen LogP contribution in [0.25, 0.3) is 0 Å². The monoisotopic (exact) mass is 371 g/mol. The van der Waals surface area contributed by atoms with E-state index in [2.05, 4.69) is 52.9 Å². The molecule has 1 aliphatic heterocycles. The molecule has 2 aromatic rings. The summed E-state index contributed by atoms with van der Waals surface area (Å²) in [5, 5.41) is 5.16. The van der Waals surface area contributed by atoms with Crippen molar-refractivity contribution >= 4 is 17.4 Å². The fourth-order valence-electron chi connectivity index (χ4n) is 3.40. The van der Waals surface area contributed by atoms with Gasteiger partial charge in [-0.05, 0) is 61.0 Å². The maximum Gasteiger partial charge on any atom is 0.317 e. The van der Waals surface area contributed by atoms with Gasteiger partial charge in [0.15, 0.2) is 0 Å². The van der Waals surface area contributed by atoms with E-state index in [1.54, 1.807) is 16.2 Å². The Kier molecular flexibility index (Phi) is 6.69. The van der Waals surface area contributed by atoms with Gasteiger partial charge >= 0.3 is 6.03 Å². The summed E-state index contributed by atoms with van der Waals surface area (Å²) < 4.78 is 0. The third kappa shape index (κ3) is 5.08. The van der Waals surface area contributed by atoms with Crippen LogP contribution in [0.3, 0.4) is 0 Å². The first-order valence-electron chi connectivity index (χ1n) is 9.44. The second kappa shape index (κ2) is 9.19. The van der Waals surface area contributed by atoms with Gasteiger partial charge in [0.05, 0.1) is 6.54 Å². The maximum atomic E-state index is 12.5. The number of likely N-dealkylation sites (tertiary alicyclic amines) is 1. The number of carbonyl (C=O) groups is 1. The van der Waals surface area contributed by atoms with E-state index in [1.165, 1.54) is 53.9 Å². The Hall–Kier alpha value is -1.85. The van der Waals surface area contributed by atoms with Gasteiger partial charge in [-0.3, -0.25) is 4.90 Å². The zero-order chi connectivity index (χ0) is 18.4. The molecule has 1 aromatic carbocycles. The number of piperidine rings is 1. The fraction of sp³-hybridized carbons (Fsp3) is 0.476. The van der Waals surface area contributed by atoms with Crippen molar-refractivity contribution in [1.29, 1.82) is 0 Å². The van der Waals surface area contributed by atoms with Crippen molar-refractivity contribution in [2.45, 2.75) is 45.8 Å². The largest absolute Gasteiger partial charge is 0.334 e. The average molecular weight is 372 g/mol. The molecule has 140 valence electrons. The molecule has 1 aromatic heterocycles. The minimum atomic E-state index is -0.0226. The lowest BCUT2D eigenvalue weighted by Crippen LogP contribution is -2.36. The SMILES string of the molecule is Cc1ccsc1CN(C)C(=O)NCc1ccccc1CN1CCCCC1. The highest BCUT2D eigenvalue weighted by molar-refractivity contribution is 7.10. The number of carbonyl (C=O) groups excluding carboxylic acids is 1. The molecule has 0 spiro atoms. The van der Waals surface area contributed by atoms with Gasteiger partial charge in [0.2, 0.25) is 0 Å². The third-order valence-electron chi connectivity index (χ3n) is 5.09. The number of rotatable bonds is 6. The molecule has 1 saturated heterocycles. The Morgan fingerprint density at radius 3 is 2.58 bits per heavy atom. The zero-order valence-electron chi connectivity index (χ0n) is 15.8. The van der Waals surface area contributed by atoms with Crippen LogP contribution in [0, 0.1) is 6.92 Å². The van der Waals surface area contributed by atoms with Crippen LogP contribution in [0.1, 0.15) is 40.8 Å². The molecular weight excluding hydrogens is 342 g/mol. The predicted molar refractivity (Wildman–Crippen MR) is 108 cm³/mol. The Morgan fingerprint density at radius 1 is 1.15 bits per heavy atom. The quantitative estimate of drug-likeness (QED) is 0.818. The third-order valence-corrected chi connectivity index (χ3v) is 6.09. The number of nitrogens with one attached hydrogen (secondary N) is 1. The number of benzene rings is 1. The van der Waals surface area contributed by atoms with Crippen LogP contribution in [0.15, 0.2) is 35.7 Å². The maximum absolute atomic E-state index is 12.5. The highest BCUT2D eigenvalue weighted by Crippen LogP contribution is 2.18. The molecule has 0 bridgehead atoms. The van der Waals surface area contributed by atoms with Crippen LogP contribution in [-0.4, -0.2) is 36.0 Å². The molecule has 1 fully saturated rings. The summed E-state index contributed by atoms with van der Waals surface area (Å²) in [7, 11) is 1.86. The van der Waals surface area contributed by atoms with Crippen molar-refractivity contribution < 1.29 is 4.79 Å². The topological polar surface area (TPSA) is 35.6 Å². The first-order chi connectivity index (χ1) is 12.6. The summed E-state index contributed by atoms with van der Waals surface area (Å²) in [5.41, 5.74) is 3.79. The summed E-state index contributed by atoms with van der Waals surface area (Å²) in [5.74, 6) is 0. The van der Waals surface area contributed by atoms with Gasteiger partial charge in [-0.1, -0.05) is 30.7 Å². The molecular formula is C21H29N3OS. The minimum Gasteiger partial charge on any atom is -0.334 e. The molecule has 0 unspecified atom stereocenters. The number of aryl methyl sites for hydroxylation is 1. The van der Waals surface area contributed by atoms with E-state index in [9.17, 15) is 4.79 Å². The standard InChI is InChI=1S/C21H29N3OS/c1-17-10-13-26-20(17)16-23(2)21(25)22-14-18-8-4-5-9-19(18)15-24-11-6-3-7-12-24/h4-5,8-10,13H,3,6-7,11-12,14-16H2,1-2H3,(H,22,25). The first-order valence-corrected chi connectivity index (χ1v) is 10.3. The average Bonchev–Trinajstić information content (AvgIpc) is 3.06. The van der Waals surface area contributed by atoms with Crippen LogP contribution in [0.4, 0.5) is 4.79 Å². The lowest BCUT2D eigenvalue weighted by atomic mass is 10.0. The number of hydrogen-bond donors (Lipinski definition) is 1. The number of nitrogens with zero attached hydrogens (tertiary/aromatic N) is 2. The lowest BCUT2D eigenvalue weighted by molar-refractivity contribution is 0.206. The van der Waals surface area contributed by atoms with Crippen LogP contribution in [-0.2, 0) is 19.6 Å². The second-order valence-corrected chi connectivity index (χ2v) is 8.15. The van der Waals surface area contributed by atoms with Gasteiger partial charge in [-0.15, -0.1) is 11.3 Å². The lowest BCUT2D eigenvalue weighted by Gasteiger charge is -2.27. The molecule has 5 heteroatoms. The number of urea groups is 1. The van der Waals surface area contributed by atoms with Crippen molar-refractivity contribution in [3.05, 3.63) is 57.3 Å². The van der Waals surface area contributed by atoms with Crippen molar-refractivity contribution in [1.82, 2.24) is 15.1 Å². The van der Waals surface area contributed by atoms with Crippen molar-refractivity contribution in [3.63, 3.8) is 0 Å². The Balaban J connectivity index is 1.55. The van der Waals surface area contributed by atoms with E-state index in [-0.39, 0.29) is 6.03 Å². The van der Waals surface area contributed by atoms with E-state index in [1.807, 2.05) is 7.05 Å². The van der Waals surface area contributed by atoms with E-state index < -0.39 is 0 Å². The number of thiophene rings is 1. The fourth-order valence-corrected chi connectivity index (χ4v) is 4.36. The first kappa shape index (κ1) is 18.9. The van der Waals surface area contributed by atoms with Crippen molar-refractivity contribution in [2.75, 3.05) is 20.1 Å². The smallest absolute Gasteiger partial charge is 0.317 e. The zero-order valence-corrected chi connectivity index (χ0v) is 16.6.